The van der Waals surface area contributed by atoms with Gasteiger partial charge in [0.25, 0.3) is 0 Å². The summed E-state index contributed by atoms with van der Waals surface area (Å²) in [6.45, 7) is 6.14. The lowest BCUT2D eigenvalue weighted by Gasteiger charge is -2.69. The molecule has 276 valence electrons. The van der Waals surface area contributed by atoms with E-state index in [2.05, 4.69) is 11.8 Å². The van der Waals surface area contributed by atoms with Crippen LogP contribution in [-0.2, 0) is 42.7 Å². The smallest absolute Gasteiger partial charge is 0.338 e. The predicted molar refractivity (Wildman–Crippen MR) is 176 cm³/mol. The van der Waals surface area contributed by atoms with E-state index in [1.165, 1.54) is 28.1 Å². The van der Waals surface area contributed by atoms with Gasteiger partial charge in [0.2, 0.25) is 0 Å². The molecule has 14 atom stereocenters. The first kappa shape index (κ1) is 35.4. The number of nitrogens with zero attached hydrogens (tertiary/aromatic N) is 1. The molecule has 1 aliphatic heterocycles. The van der Waals surface area contributed by atoms with Crippen LogP contribution in [0.15, 0.2) is 18.2 Å². The van der Waals surface area contributed by atoms with Crippen molar-refractivity contribution in [1.29, 1.82) is 0 Å². The summed E-state index contributed by atoms with van der Waals surface area (Å²) < 4.78 is 56.3. The molecule has 7 rings (SSSR count). The van der Waals surface area contributed by atoms with Gasteiger partial charge in [0, 0.05) is 96.8 Å². The van der Waals surface area contributed by atoms with Crippen molar-refractivity contribution in [2.45, 2.75) is 87.8 Å². The van der Waals surface area contributed by atoms with Crippen LogP contribution in [0.25, 0.3) is 0 Å². The summed E-state index contributed by atoms with van der Waals surface area (Å²) in [6.07, 6.45) is -0.982. The number of hydrogen-bond donors (Lipinski definition) is 0. The molecule has 6 aliphatic rings. The zero-order valence-electron chi connectivity index (χ0n) is 30.5. The largest absolute Gasteiger partial charge is 0.493 e. The highest BCUT2D eigenvalue weighted by Crippen LogP contribution is 2.79. The fourth-order valence-corrected chi connectivity index (χ4v) is 12.6. The lowest BCUT2D eigenvalue weighted by molar-refractivity contribution is -0.313. The summed E-state index contributed by atoms with van der Waals surface area (Å²) in [4.78, 5) is 42.5. The van der Waals surface area contributed by atoms with E-state index in [9.17, 15) is 14.4 Å². The number of likely N-dealkylation sites (tertiary alicyclic amines) is 1. The van der Waals surface area contributed by atoms with Crippen LogP contribution in [0, 0.1) is 35.0 Å². The zero-order valence-corrected chi connectivity index (χ0v) is 30.5. The third kappa shape index (κ3) is 4.45. The Kier molecular flexibility index (Phi) is 8.94. The molecule has 13 heteroatoms. The van der Waals surface area contributed by atoms with Gasteiger partial charge in [-0.25, -0.2) is 4.79 Å². The number of esters is 3. The SMILES string of the molecule is CCN1C[C@]2(OC)[C@H](OC(C)=O)C[C@H](OC)C34C1[C@@H]([C@H](OC)[C@@H]32)[C@@]1(OC(C)=O)C[C@H](OC)[C@H]2C[C@@H]4[C@@H]1[C@H]2OC(=O)c1ccc(OC)c(OC)c1. The van der Waals surface area contributed by atoms with E-state index >= 15 is 0 Å². The fourth-order valence-electron chi connectivity index (χ4n) is 12.6. The minimum absolute atomic E-state index is 0.133. The summed E-state index contributed by atoms with van der Waals surface area (Å²) in [7, 11) is 9.82. The van der Waals surface area contributed by atoms with Crippen molar-refractivity contribution in [3.8, 4) is 11.5 Å². The van der Waals surface area contributed by atoms with Gasteiger partial charge in [0.1, 0.15) is 23.4 Å². The van der Waals surface area contributed by atoms with Crippen molar-refractivity contribution in [1.82, 2.24) is 4.90 Å². The number of methoxy groups -OCH3 is 6. The first-order chi connectivity index (χ1) is 24.0. The van der Waals surface area contributed by atoms with Gasteiger partial charge < -0.3 is 42.6 Å². The average Bonchev–Trinajstić information content (AvgIpc) is 3.52. The van der Waals surface area contributed by atoms with Crippen LogP contribution in [-0.4, -0.2) is 126 Å². The first-order valence-electron chi connectivity index (χ1n) is 17.6. The number of carbonyl (C=O) groups excluding carboxylic acids is 3. The first-order valence-corrected chi connectivity index (χ1v) is 17.6. The van der Waals surface area contributed by atoms with Crippen LogP contribution in [0.1, 0.15) is 50.4 Å². The number of rotatable bonds is 11. The van der Waals surface area contributed by atoms with Crippen LogP contribution in [0.3, 0.4) is 0 Å². The van der Waals surface area contributed by atoms with Gasteiger partial charge in [-0.2, -0.15) is 0 Å². The van der Waals surface area contributed by atoms with Crippen LogP contribution in [0.4, 0.5) is 0 Å². The van der Waals surface area contributed by atoms with Gasteiger partial charge >= 0.3 is 17.9 Å². The molecule has 7 bridgehead atoms. The van der Waals surface area contributed by atoms with Crippen molar-refractivity contribution >= 4 is 17.9 Å². The fraction of sp³-hybridized carbons (Fsp3) is 0.757. The molecular formula is C37H51NO12. The number of ether oxygens (including phenoxy) is 9. The van der Waals surface area contributed by atoms with Crippen molar-refractivity contribution in [3.63, 3.8) is 0 Å². The van der Waals surface area contributed by atoms with Crippen LogP contribution in [0.2, 0.25) is 0 Å². The molecule has 1 spiro atoms. The Labute approximate surface area is 293 Å². The van der Waals surface area contributed by atoms with Crippen molar-refractivity contribution in [2.75, 3.05) is 55.7 Å². The van der Waals surface area contributed by atoms with Gasteiger partial charge in [0.15, 0.2) is 11.5 Å². The van der Waals surface area contributed by atoms with Gasteiger partial charge in [-0.1, -0.05) is 6.92 Å². The summed E-state index contributed by atoms with van der Waals surface area (Å²) in [6, 6.07) is 4.81. The molecule has 1 aromatic carbocycles. The lowest BCUT2D eigenvalue weighted by atomic mass is 9.44. The highest BCUT2D eigenvalue weighted by molar-refractivity contribution is 5.90. The molecule has 5 aliphatic carbocycles. The standard InChI is InChI=1S/C37H51NO12/c1-10-38-17-36(47-9)26(48-18(2)39)15-27(45-7)37-22-14-21-25(44-6)16-35(50-19(3)40,29(33(37)38)31(46-8)32(36)37)28(22)30(21)49-34(41)20-11-12-23(42-4)24(13-20)43-5/h11-13,21-22,25-33H,10,14-17H2,1-9H3/t21-,22-,25+,26-,27+,28-,29-,30+,31+,32-,33?,35-,36+,37?/m1/s1. The van der Waals surface area contributed by atoms with E-state index in [1.807, 2.05) is 0 Å². The predicted octanol–water partition coefficient (Wildman–Crippen LogP) is 2.90. The average molecular weight is 702 g/mol. The third-order valence-electron chi connectivity index (χ3n) is 13.6. The summed E-state index contributed by atoms with van der Waals surface area (Å²) >= 11 is 0. The Morgan fingerprint density at radius 1 is 0.820 bits per heavy atom. The minimum atomic E-state index is -1.12. The van der Waals surface area contributed by atoms with E-state index in [0.717, 1.165) is 0 Å². The van der Waals surface area contributed by atoms with Gasteiger partial charge in [0.05, 0.1) is 38.1 Å². The number of piperidine rings is 1. The maximum Gasteiger partial charge on any atom is 0.338 e. The number of hydrogen-bond acceptors (Lipinski definition) is 13. The molecule has 1 heterocycles. The molecule has 0 amide bonds. The van der Waals surface area contributed by atoms with Crippen LogP contribution >= 0.6 is 0 Å². The summed E-state index contributed by atoms with van der Waals surface area (Å²) in [5.74, 6) is -1.83. The molecule has 0 N–H and O–H groups in total. The topological polar surface area (TPSA) is 138 Å². The monoisotopic (exact) mass is 701 g/mol. The molecule has 2 unspecified atom stereocenters. The molecule has 1 saturated heterocycles. The maximum atomic E-state index is 14.1. The Morgan fingerprint density at radius 3 is 2.14 bits per heavy atom. The van der Waals surface area contributed by atoms with Crippen LogP contribution < -0.4 is 9.47 Å². The third-order valence-corrected chi connectivity index (χ3v) is 13.6. The molecule has 50 heavy (non-hydrogen) atoms. The molecule has 6 fully saturated rings. The minimum Gasteiger partial charge on any atom is -0.493 e. The van der Waals surface area contributed by atoms with Crippen molar-refractivity contribution in [3.05, 3.63) is 23.8 Å². The van der Waals surface area contributed by atoms with E-state index in [1.54, 1.807) is 46.6 Å². The summed E-state index contributed by atoms with van der Waals surface area (Å²) in [5, 5.41) is 0. The van der Waals surface area contributed by atoms with E-state index in [0.29, 0.717) is 49.4 Å². The molecule has 13 nitrogen and oxygen atoms in total. The second-order valence-electron chi connectivity index (χ2n) is 14.9. The molecule has 0 aromatic heterocycles. The Bertz CT molecular complexity index is 1520. The van der Waals surface area contributed by atoms with E-state index in [-0.39, 0.29) is 41.9 Å². The Morgan fingerprint density at radius 2 is 1.56 bits per heavy atom. The van der Waals surface area contributed by atoms with E-state index < -0.39 is 58.8 Å². The maximum absolute atomic E-state index is 14.1. The highest BCUT2D eigenvalue weighted by Gasteiger charge is 2.89. The van der Waals surface area contributed by atoms with Crippen LogP contribution in [0.5, 0.6) is 11.5 Å². The highest BCUT2D eigenvalue weighted by atomic mass is 16.6. The Balaban J connectivity index is 1.44. The number of benzene rings is 1. The van der Waals surface area contributed by atoms with E-state index in [4.69, 9.17) is 42.6 Å². The Hall–Kier alpha value is -2.97. The van der Waals surface area contributed by atoms with Gasteiger partial charge in [-0.15, -0.1) is 0 Å². The van der Waals surface area contributed by atoms with Crippen molar-refractivity contribution < 1.29 is 57.0 Å². The lowest BCUT2D eigenvalue weighted by Crippen LogP contribution is -2.81. The van der Waals surface area contributed by atoms with Gasteiger partial charge in [-0.05, 0) is 37.1 Å². The summed E-state index contributed by atoms with van der Waals surface area (Å²) in [5.41, 5.74) is -2.34. The number of carbonyl (C=O) groups is 3. The number of likely N-dealkylation sites (N-methyl/N-ethyl adjacent to an activating group) is 1. The second kappa shape index (κ2) is 12.6. The van der Waals surface area contributed by atoms with Gasteiger partial charge in [-0.3, -0.25) is 14.5 Å². The molecule has 0 radical (unpaired) electrons. The quantitative estimate of drug-likeness (QED) is 0.247. The zero-order chi connectivity index (χ0) is 35.9. The molecule has 5 saturated carbocycles. The molecule has 1 aromatic rings. The number of fused-ring (bicyclic) bond motifs is 2. The normalized spacial score (nSPS) is 43.6. The van der Waals surface area contributed by atoms with Crippen molar-refractivity contribution in [2.24, 2.45) is 35.0 Å². The molecular weight excluding hydrogens is 650 g/mol. The second-order valence-corrected chi connectivity index (χ2v) is 14.9.